The predicted molar refractivity (Wildman–Crippen MR) is 133 cm³/mol. The van der Waals surface area contributed by atoms with Crippen molar-refractivity contribution in [3.8, 4) is 11.5 Å². The lowest BCUT2D eigenvalue weighted by Crippen LogP contribution is -2.29. The van der Waals surface area contributed by atoms with Crippen LogP contribution in [-0.4, -0.2) is 46.6 Å². The van der Waals surface area contributed by atoms with Crippen LogP contribution in [0.5, 0.6) is 11.5 Å². The van der Waals surface area contributed by atoms with Crippen LogP contribution in [0.4, 0.5) is 5.13 Å². The number of carbonyl (C=O) groups is 3. The highest BCUT2D eigenvalue weighted by molar-refractivity contribution is 7.17. The molecule has 2 N–H and O–H groups in total. The molecule has 0 unspecified atom stereocenters. The van der Waals surface area contributed by atoms with E-state index in [1.165, 1.54) is 19.2 Å². The number of aryl methyl sites for hydroxylation is 1. The van der Waals surface area contributed by atoms with Crippen molar-refractivity contribution in [1.29, 1.82) is 0 Å². The fourth-order valence-electron chi connectivity index (χ4n) is 3.85. The summed E-state index contributed by atoms with van der Waals surface area (Å²) in [7, 11) is 1.24. The summed E-state index contributed by atoms with van der Waals surface area (Å²) in [4.78, 5) is 44.3. The van der Waals surface area contributed by atoms with Gasteiger partial charge in [-0.25, -0.2) is 9.78 Å². The molecule has 1 aliphatic rings. The van der Waals surface area contributed by atoms with Crippen molar-refractivity contribution < 1.29 is 34.1 Å². The van der Waals surface area contributed by atoms with Crippen LogP contribution in [-0.2, 0) is 14.3 Å². The van der Waals surface area contributed by atoms with Crippen molar-refractivity contribution in [2.75, 3.05) is 18.6 Å². The van der Waals surface area contributed by atoms with Gasteiger partial charge in [0.05, 0.1) is 31.0 Å². The number of ether oxygens (including phenoxy) is 2. The van der Waals surface area contributed by atoms with Crippen LogP contribution in [0.15, 0.2) is 54.1 Å². The van der Waals surface area contributed by atoms with Gasteiger partial charge in [-0.3, -0.25) is 14.5 Å². The number of carbonyl (C=O) groups excluding carboxylic acids is 3. The SMILES string of the molecule is CCCOc1ccc(/C(O)=C2\C(=O)C(=O)N(c3nc(C)c(C(=O)OC)s3)[C@H]2c2ccc(O)cc2)cc1. The third-order valence-corrected chi connectivity index (χ3v) is 6.75. The van der Waals surface area contributed by atoms with Crippen molar-refractivity contribution in [2.24, 2.45) is 0 Å². The number of aromatic nitrogens is 1. The van der Waals surface area contributed by atoms with Gasteiger partial charge in [-0.15, -0.1) is 0 Å². The van der Waals surface area contributed by atoms with Crippen LogP contribution in [0.2, 0.25) is 0 Å². The summed E-state index contributed by atoms with van der Waals surface area (Å²) in [5.74, 6) is -2.17. The molecule has 1 aliphatic heterocycles. The fraction of sp³-hybridized carbons (Fsp3) is 0.231. The Hall–Kier alpha value is -4.18. The molecule has 0 spiro atoms. The average molecular weight is 509 g/mol. The summed E-state index contributed by atoms with van der Waals surface area (Å²) in [5, 5.41) is 21.1. The minimum Gasteiger partial charge on any atom is -0.508 e. The van der Waals surface area contributed by atoms with Crippen molar-refractivity contribution in [1.82, 2.24) is 4.98 Å². The average Bonchev–Trinajstić information content (AvgIpc) is 3.39. The highest BCUT2D eigenvalue weighted by Gasteiger charge is 2.48. The number of aromatic hydroxyl groups is 1. The third kappa shape index (κ3) is 4.55. The van der Waals surface area contributed by atoms with E-state index in [4.69, 9.17) is 9.47 Å². The Morgan fingerprint density at radius 2 is 1.78 bits per heavy atom. The summed E-state index contributed by atoms with van der Waals surface area (Å²) in [6, 6.07) is 11.4. The molecule has 0 radical (unpaired) electrons. The Bertz CT molecular complexity index is 1340. The van der Waals surface area contributed by atoms with Crippen LogP contribution in [0.3, 0.4) is 0 Å². The maximum Gasteiger partial charge on any atom is 0.350 e. The lowest BCUT2D eigenvalue weighted by Gasteiger charge is -2.23. The number of esters is 1. The van der Waals surface area contributed by atoms with E-state index in [1.54, 1.807) is 43.3 Å². The van der Waals surface area contributed by atoms with E-state index in [1.807, 2.05) is 6.92 Å². The van der Waals surface area contributed by atoms with Crippen molar-refractivity contribution in [3.63, 3.8) is 0 Å². The maximum atomic E-state index is 13.2. The number of hydrogen-bond acceptors (Lipinski definition) is 9. The fourth-order valence-corrected chi connectivity index (χ4v) is 4.87. The molecule has 0 bridgehead atoms. The molecule has 4 rings (SSSR count). The normalized spacial score (nSPS) is 16.9. The number of aliphatic hydroxyl groups is 1. The monoisotopic (exact) mass is 508 g/mol. The van der Waals surface area contributed by atoms with Gasteiger partial charge in [-0.1, -0.05) is 30.4 Å². The first-order chi connectivity index (χ1) is 17.3. The van der Waals surface area contributed by atoms with Gasteiger partial charge in [-0.05, 0) is 55.3 Å². The number of phenols is 1. The number of ketones is 1. The Morgan fingerprint density at radius 3 is 2.39 bits per heavy atom. The van der Waals surface area contributed by atoms with E-state index < -0.39 is 23.7 Å². The molecule has 1 saturated heterocycles. The van der Waals surface area contributed by atoms with E-state index in [9.17, 15) is 24.6 Å². The first-order valence-corrected chi connectivity index (χ1v) is 12.0. The first-order valence-electron chi connectivity index (χ1n) is 11.2. The van der Waals surface area contributed by atoms with E-state index in [0.29, 0.717) is 29.2 Å². The summed E-state index contributed by atoms with van der Waals surface area (Å²) >= 11 is 0.913. The minimum atomic E-state index is -1.04. The van der Waals surface area contributed by atoms with Crippen molar-refractivity contribution in [2.45, 2.75) is 26.3 Å². The lowest BCUT2D eigenvalue weighted by atomic mass is 9.95. The van der Waals surface area contributed by atoms with E-state index in [-0.39, 0.29) is 27.1 Å². The molecule has 1 aromatic heterocycles. The molecule has 1 fully saturated rings. The van der Waals surface area contributed by atoms with E-state index >= 15 is 0 Å². The van der Waals surface area contributed by atoms with Crippen molar-refractivity contribution in [3.05, 3.63) is 75.8 Å². The number of rotatable bonds is 7. The molecule has 0 saturated carbocycles. The molecule has 186 valence electrons. The Morgan fingerprint density at radius 1 is 1.11 bits per heavy atom. The van der Waals surface area contributed by atoms with E-state index in [2.05, 4.69) is 4.98 Å². The number of nitrogens with zero attached hydrogens (tertiary/aromatic N) is 2. The van der Waals surface area contributed by atoms with Crippen LogP contribution < -0.4 is 9.64 Å². The first kappa shape index (κ1) is 24.9. The standard InChI is InChI=1S/C26H24N2O7S/c1-4-13-35-18-11-7-16(8-12-18)21(30)19-20(15-5-9-17(29)10-6-15)28(24(32)22(19)31)26-27-14(2)23(36-26)25(33)34-3/h5-12,20,29-30H,4,13H2,1-3H3/b21-19+/t20-/m0/s1. The molecular formula is C26H24N2O7S. The number of hydrogen-bond donors (Lipinski definition) is 2. The number of benzene rings is 2. The van der Waals surface area contributed by atoms with Gasteiger partial charge in [0, 0.05) is 5.56 Å². The summed E-state index contributed by atoms with van der Waals surface area (Å²) < 4.78 is 10.4. The molecule has 2 heterocycles. The van der Waals surface area contributed by atoms with Gasteiger partial charge in [0.15, 0.2) is 5.13 Å². The van der Waals surface area contributed by atoms with Crippen LogP contribution in [0, 0.1) is 6.92 Å². The zero-order valence-corrected chi connectivity index (χ0v) is 20.7. The summed E-state index contributed by atoms with van der Waals surface area (Å²) in [6.07, 6.45) is 0.839. The second-order valence-electron chi connectivity index (χ2n) is 8.04. The lowest BCUT2D eigenvalue weighted by molar-refractivity contribution is -0.132. The highest BCUT2D eigenvalue weighted by atomic mass is 32.1. The van der Waals surface area contributed by atoms with Crippen LogP contribution >= 0.6 is 11.3 Å². The molecule has 36 heavy (non-hydrogen) atoms. The Kier molecular flexibility index (Phi) is 7.07. The number of phenolic OH excluding ortho intramolecular Hbond substituents is 1. The highest BCUT2D eigenvalue weighted by Crippen LogP contribution is 2.44. The second kappa shape index (κ2) is 10.2. The number of amides is 1. The molecule has 3 aromatic rings. The van der Waals surface area contributed by atoms with Crippen LogP contribution in [0.1, 0.15) is 45.9 Å². The molecule has 0 aliphatic carbocycles. The predicted octanol–water partition coefficient (Wildman–Crippen LogP) is 4.36. The largest absolute Gasteiger partial charge is 0.508 e. The van der Waals surface area contributed by atoms with Gasteiger partial charge in [0.25, 0.3) is 5.78 Å². The second-order valence-corrected chi connectivity index (χ2v) is 9.01. The Labute approximate surface area is 211 Å². The molecule has 10 heteroatoms. The number of aliphatic hydroxyl groups excluding tert-OH is 1. The maximum absolute atomic E-state index is 13.2. The quantitative estimate of drug-likeness (QED) is 0.209. The zero-order valence-electron chi connectivity index (χ0n) is 19.8. The molecule has 9 nitrogen and oxygen atoms in total. The van der Waals surface area contributed by atoms with E-state index in [0.717, 1.165) is 22.7 Å². The molecular weight excluding hydrogens is 484 g/mol. The number of methoxy groups -OCH3 is 1. The summed E-state index contributed by atoms with van der Waals surface area (Å²) in [6.45, 7) is 4.12. The zero-order chi connectivity index (χ0) is 26.0. The molecule has 1 atom stereocenters. The third-order valence-electron chi connectivity index (χ3n) is 5.62. The van der Waals surface area contributed by atoms with Gasteiger partial charge in [-0.2, -0.15) is 0 Å². The smallest absolute Gasteiger partial charge is 0.350 e. The summed E-state index contributed by atoms with van der Waals surface area (Å²) in [5.41, 5.74) is 0.992. The van der Waals surface area contributed by atoms with Gasteiger partial charge in [0.1, 0.15) is 22.1 Å². The Balaban J connectivity index is 1.85. The van der Waals surface area contributed by atoms with Gasteiger partial charge < -0.3 is 19.7 Å². The number of anilines is 1. The van der Waals surface area contributed by atoms with Gasteiger partial charge >= 0.3 is 11.9 Å². The topological polar surface area (TPSA) is 126 Å². The molecule has 1 amide bonds. The molecule has 2 aromatic carbocycles. The number of thiazole rings is 1. The van der Waals surface area contributed by atoms with Crippen molar-refractivity contribution >= 4 is 39.9 Å². The van der Waals surface area contributed by atoms with Gasteiger partial charge in [0.2, 0.25) is 0 Å². The number of Topliss-reactive ketones (excluding diaryl/α,β-unsaturated/α-hetero) is 1. The van der Waals surface area contributed by atoms with Crippen LogP contribution in [0.25, 0.3) is 5.76 Å². The minimum absolute atomic E-state index is 0.00330.